The van der Waals surface area contributed by atoms with E-state index in [-0.39, 0.29) is 54.2 Å². The summed E-state index contributed by atoms with van der Waals surface area (Å²) in [5.41, 5.74) is 0.187. The van der Waals surface area contributed by atoms with Gasteiger partial charge in [0.1, 0.15) is 44.9 Å². The summed E-state index contributed by atoms with van der Waals surface area (Å²) in [7, 11) is 0. The molecule has 0 spiro atoms. The SMILES string of the molecule is CC(C)(CC(=O)Oc1ccccc1C(=O)Oc1ccc(SC#N)cc1)SN.N#CSc1ccc(OC(=O)c2ccccc2OC(=O)CCCO[N+](=O)[O-])cc1. The fourth-order valence-electron chi connectivity index (χ4n) is 4.11. The van der Waals surface area contributed by atoms with Gasteiger partial charge in [-0.2, -0.15) is 10.5 Å². The molecule has 4 aromatic rings. The minimum Gasteiger partial charge on any atom is -0.426 e. The van der Waals surface area contributed by atoms with E-state index in [2.05, 4.69) is 4.84 Å². The molecule has 0 unspecified atom stereocenters. The average molecular weight is 805 g/mol. The number of nitrogens with zero attached hydrogens (tertiary/aromatic N) is 3. The van der Waals surface area contributed by atoms with Crippen molar-refractivity contribution in [2.24, 2.45) is 5.14 Å². The Morgan fingerprint density at radius 2 is 1.15 bits per heavy atom. The van der Waals surface area contributed by atoms with E-state index in [0.29, 0.717) is 10.6 Å². The highest BCUT2D eigenvalue weighted by atomic mass is 32.2. The largest absolute Gasteiger partial charge is 0.426 e. The number of nitriles is 2. The van der Waals surface area contributed by atoms with Crippen molar-refractivity contribution in [3.63, 3.8) is 0 Å². The Kier molecular flexibility index (Phi) is 17.5. The monoisotopic (exact) mass is 804 g/mol. The first kappa shape index (κ1) is 43.4. The summed E-state index contributed by atoms with van der Waals surface area (Å²) in [6, 6.07) is 25.3. The number of hydrogen-bond acceptors (Lipinski definition) is 17. The number of rotatable bonds is 16. The third-order valence-corrected chi connectivity index (χ3v) is 8.65. The predicted octanol–water partition coefficient (Wildman–Crippen LogP) is 7.53. The van der Waals surface area contributed by atoms with E-state index >= 15 is 0 Å². The van der Waals surface area contributed by atoms with Gasteiger partial charge < -0.3 is 23.8 Å². The van der Waals surface area contributed by atoms with Crippen LogP contribution >= 0.6 is 35.5 Å². The number of thioether (sulfide) groups is 2. The molecule has 4 rings (SSSR count). The second kappa shape index (κ2) is 22.2. The van der Waals surface area contributed by atoms with Crippen LogP contribution < -0.4 is 24.1 Å². The highest BCUT2D eigenvalue weighted by Crippen LogP contribution is 2.27. The lowest BCUT2D eigenvalue weighted by Gasteiger charge is -2.19. The minimum atomic E-state index is -0.942. The molecular weight excluding hydrogens is 773 g/mol. The molecule has 4 aromatic carbocycles. The molecule has 284 valence electrons. The molecule has 15 nitrogen and oxygen atoms in total. The van der Waals surface area contributed by atoms with Crippen molar-refractivity contribution in [1.82, 2.24) is 0 Å². The Labute approximate surface area is 328 Å². The first-order chi connectivity index (χ1) is 26.3. The van der Waals surface area contributed by atoms with Gasteiger partial charge in [-0.1, -0.05) is 36.2 Å². The third kappa shape index (κ3) is 15.4. The Hall–Kier alpha value is -6.05. The average Bonchev–Trinajstić information content (AvgIpc) is 3.15. The van der Waals surface area contributed by atoms with Crippen molar-refractivity contribution in [1.29, 1.82) is 10.5 Å². The quantitative estimate of drug-likeness (QED) is 0.0168. The third-order valence-electron chi connectivity index (χ3n) is 6.67. The Balaban J connectivity index is 0.000000296. The molecule has 0 amide bonds. The Morgan fingerprint density at radius 1 is 0.709 bits per heavy atom. The Bertz CT molecular complexity index is 2050. The molecule has 18 heteroatoms. The maximum Gasteiger partial charge on any atom is 0.347 e. The molecule has 0 saturated carbocycles. The second-order valence-electron chi connectivity index (χ2n) is 11.3. The number of esters is 4. The number of ether oxygens (including phenoxy) is 4. The molecule has 0 aliphatic heterocycles. The molecule has 0 fully saturated rings. The van der Waals surface area contributed by atoms with Gasteiger partial charge in [-0.15, -0.1) is 10.1 Å². The van der Waals surface area contributed by atoms with Crippen LogP contribution in [-0.2, 0) is 14.4 Å². The molecule has 0 aromatic heterocycles. The predicted molar refractivity (Wildman–Crippen MR) is 203 cm³/mol. The number of nitrogens with two attached hydrogens (primary N) is 1. The van der Waals surface area contributed by atoms with Crippen LogP contribution in [0.4, 0.5) is 0 Å². The van der Waals surface area contributed by atoms with Crippen molar-refractivity contribution >= 4 is 59.3 Å². The number of carbonyl (C=O) groups excluding carboxylic acids is 4. The Morgan fingerprint density at radius 3 is 1.56 bits per heavy atom. The molecule has 0 aliphatic rings. The molecule has 0 aliphatic carbocycles. The fraction of sp³-hybridized carbons (Fsp3) is 0.189. The summed E-state index contributed by atoms with van der Waals surface area (Å²) in [5, 5.41) is 35.9. The van der Waals surface area contributed by atoms with Gasteiger partial charge in [0, 0.05) is 21.0 Å². The highest BCUT2D eigenvalue weighted by molar-refractivity contribution is 8.04. The van der Waals surface area contributed by atoms with Crippen molar-refractivity contribution in [2.45, 2.75) is 47.6 Å². The smallest absolute Gasteiger partial charge is 0.347 e. The highest BCUT2D eigenvalue weighted by Gasteiger charge is 2.25. The molecule has 0 atom stereocenters. The van der Waals surface area contributed by atoms with Crippen LogP contribution in [-0.4, -0.2) is 40.3 Å². The minimum absolute atomic E-state index is 0.0179. The van der Waals surface area contributed by atoms with Crippen LogP contribution in [0.25, 0.3) is 0 Å². The molecule has 55 heavy (non-hydrogen) atoms. The zero-order valence-corrected chi connectivity index (χ0v) is 31.6. The summed E-state index contributed by atoms with van der Waals surface area (Å²) in [6.07, 6.45) is 0.0737. The maximum absolute atomic E-state index is 12.5. The lowest BCUT2D eigenvalue weighted by Crippen LogP contribution is -2.25. The van der Waals surface area contributed by atoms with E-state index in [1.807, 2.05) is 24.6 Å². The zero-order chi connectivity index (χ0) is 40.2. The van der Waals surface area contributed by atoms with Gasteiger partial charge in [0.2, 0.25) is 0 Å². The van der Waals surface area contributed by atoms with Crippen LogP contribution in [0.3, 0.4) is 0 Å². The molecule has 0 radical (unpaired) electrons. The summed E-state index contributed by atoms with van der Waals surface area (Å²) < 4.78 is 20.6. The van der Waals surface area contributed by atoms with Gasteiger partial charge in [0.05, 0.1) is 13.0 Å². The van der Waals surface area contributed by atoms with E-state index in [1.165, 1.54) is 24.3 Å². The van der Waals surface area contributed by atoms with Crippen molar-refractivity contribution in [2.75, 3.05) is 6.61 Å². The van der Waals surface area contributed by atoms with Crippen LogP contribution in [0, 0.1) is 31.4 Å². The fourth-order valence-corrected chi connectivity index (χ4v) is 5.06. The lowest BCUT2D eigenvalue weighted by molar-refractivity contribution is -0.757. The van der Waals surface area contributed by atoms with E-state index in [1.54, 1.807) is 72.8 Å². The number of thiocyanates is 2. The summed E-state index contributed by atoms with van der Waals surface area (Å²) in [4.78, 5) is 64.5. The number of carbonyl (C=O) groups is 4. The van der Waals surface area contributed by atoms with Crippen LogP contribution in [0.1, 0.15) is 53.8 Å². The van der Waals surface area contributed by atoms with Crippen LogP contribution in [0.5, 0.6) is 23.0 Å². The van der Waals surface area contributed by atoms with E-state index < -0.39 is 33.7 Å². The molecule has 2 N–H and O–H groups in total. The van der Waals surface area contributed by atoms with Gasteiger partial charge in [-0.25, -0.2) is 9.59 Å². The molecule has 0 bridgehead atoms. The summed E-state index contributed by atoms with van der Waals surface area (Å²) in [6.45, 7) is 3.42. The van der Waals surface area contributed by atoms with Gasteiger partial charge in [-0.05, 0) is 117 Å². The van der Waals surface area contributed by atoms with Gasteiger partial charge in [0.15, 0.2) is 0 Å². The van der Waals surface area contributed by atoms with E-state index in [0.717, 1.165) is 40.4 Å². The lowest BCUT2D eigenvalue weighted by atomic mass is 10.1. The standard InChI is InChI=1S/C19H18N2O4S2.C18H14N2O7S/c1-19(2,27-21)11-17(22)25-16-6-4-3-5-15(16)18(23)24-13-7-9-14(10-8-13)26-12-20;19-12-28-14-9-7-13(8-10-14)26-18(22)15-4-1-2-5-16(15)27-17(21)6-3-11-25-20(23)24/h3-10H,11,21H2,1-2H3;1-2,4-5,7-10H,3,6,11H2. The number of para-hydroxylation sites is 2. The molecule has 0 heterocycles. The second-order valence-corrected chi connectivity index (χ2v) is 14.3. The first-order valence-corrected chi connectivity index (χ1v) is 18.4. The van der Waals surface area contributed by atoms with Gasteiger partial charge >= 0.3 is 23.9 Å². The van der Waals surface area contributed by atoms with E-state index in [9.17, 15) is 29.3 Å². The van der Waals surface area contributed by atoms with Crippen molar-refractivity contribution in [3.05, 3.63) is 118 Å². The van der Waals surface area contributed by atoms with E-state index in [4.69, 9.17) is 34.6 Å². The van der Waals surface area contributed by atoms with Crippen LogP contribution in [0.15, 0.2) is 107 Å². The topological polar surface area (TPSA) is 231 Å². The van der Waals surface area contributed by atoms with Crippen LogP contribution in [0.2, 0.25) is 0 Å². The van der Waals surface area contributed by atoms with Crippen molar-refractivity contribution < 1.29 is 48.0 Å². The normalized spacial score (nSPS) is 10.3. The maximum atomic E-state index is 12.5. The first-order valence-electron chi connectivity index (χ1n) is 15.8. The molecular formula is C37H32N4O11S3. The summed E-state index contributed by atoms with van der Waals surface area (Å²) in [5.74, 6) is -1.78. The number of hydrogen-bond donors (Lipinski definition) is 1. The zero-order valence-electron chi connectivity index (χ0n) is 29.2. The van der Waals surface area contributed by atoms with Gasteiger partial charge in [-0.3, -0.25) is 14.7 Å². The summed E-state index contributed by atoms with van der Waals surface area (Å²) >= 11 is 3.06. The molecule has 0 saturated heterocycles. The van der Waals surface area contributed by atoms with Gasteiger partial charge in [0.25, 0.3) is 5.09 Å². The van der Waals surface area contributed by atoms with Crippen molar-refractivity contribution in [3.8, 4) is 33.8 Å². The number of benzene rings is 4.